The van der Waals surface area contributed by atoms with Gasteiger partial charge < -0.3 is 5.32 Å². The van der Waals surface area contributed by atoms with E-state index in [1.165, 1.54) is 11.8 Å². The van der Waals surface area contributed by atoms with E-state index in [1.807, 2.05) is 12.3 Å². The lowest BCUT2D eigenvalue weighted by Gasteiger charge is -2.33. The number of nitriles is 1. The number of Topliss-reactive ketones (excluding diaryl/α,β-unsaturated/α-hetero) is 1. The molecule has 0 aromatic heterocycles. The van der Waals surface area contributed by atoms with Crippen LogP contribution in [0.2, 0.25) is 10.0 Å². The molecule has 2 aliphatic rings. The quantitative estimate of drug-likeness (QED) is 0.819. The molecule has 1 heterocycles. The Kier molecular flexibility index (Phi) is 4.72. The molecule has 0 bridgehead atoms. The third-order valence-corrected chi connectivity index (χ3v) is 5.72. The largest absolute Gasteiger partial charge is 0.352 e. The van der Waals surface area contributed by atoms with Gasteiger partial charge in [-0.05, 0) is 30.7 Å². The van der Waals surface area contributed by atoms with Crippen molar-refractivity contribution >= 4 is 40.7 Å². The van der Waals surface area contributed by atoms with Crippen LogP contribution >= 0.6 is 35.0 Å². The summed E-state index contributed by atoms with van der Waals surface area (Å²) in [6.45, 7) is 0. The molecule has 3 rings (SSSR count). The summed E-state index contributed by atoms with van der Waals surface area (Å²) in [6.07, 6.45) is 4.04. The maximum Gasteiger partial charge on any atom is 0.161 e. The molecule has 1 aliphatic heterocycles. The van der Waals surface area contributed by atoms with Crippen molar-refractivity contribution in [2.75, 3.05) is 6.26 Å². The fraction of sp³-hybridized carbons (Fsp3) is 0.294. The highest BCUT2D eigenvalue weighted by Crippen LogP contribution is 2.46. The summed E-state index contributed by atoms with van der Waals surface area (Å²) in [4.78, 5) is 12.6. The third-order valence-electron chi connectivity index (χ3n) is 4.16. The Balaban J connectivity index is 2.26. The van der Waals surface area contributed by atoms with Crippen LogP contribution < -0.4 is 5.32 Å². The van der Waals surface area contributed by atoms with Crippen molar-refractivity contribution < 1.29 is 4.79 Å². The number of nitrogens with zero attached hydrogens (tertiary/aromatic N) is 1. The Labute approximate surface area is 149 Å². The van der Waals surface area contributed by atoms with E-state index >= 15 is 0 Å². The Morgan fingerprint density at radius 3 is 2.83 bits per heavy atom. The summed E-state index contributed by atoms with van der Waals surface area (Å²) >= 11 is 14.0. The zero-order valence-electron chi connectivity index (χ0n) is 12.5. The molecule has 118 valence electrons. The van der Waals surface area contributed by atoms with Gasteiger partial charge in [-0.1, -0.05) is 35.3 Å². The lowest BCUT2D eigenvalue weighted by Crippen LogP contribution is -2.31. The van der Waals surface area contributed by atoms with Gasteiger partial charge in [-0.25, -0.2) is 0 Å². The molecule has 0 unspecified atom stereocenters. The van der Waals surface area contributed by atoms with Crippen molar-refractivity contribution in [3.8, 4) is 6.07 Å². The van der Waals surface area contributed by atoms with Crippen molar-refractivity contribution in [3.05, 3.63) is 55.7 Å². The first-order chi connectivity index (χ1) is 11.1. The number of carbonyl (C=O) groups excluding carboxylic acids is 1. The summed E-state index contributed by atoms with van der Waals surface area (Å²) in [5.74, 6) is -0.370. The number of halogens is 2. The Bertz CT molecular complexity index is 792. The highest BCUT2D eigenvalue weighted by molar-refractivity contribution is 8.02. The lowest BCUT2D eigenvalue weighted by molar-refractivity contribution is -0.116. The summed E-state index contributed by atoms with van der Waals surface area (Å²) in [5, 5.41) is 14.6. The van der Waals surface area contributed by atoms with Gasteiger partial charge in [0.2, 0.25) is 0 Å². The van der Waals surface area contributed by atoms with Crippen LogP contribution in [0, 0.1) is 11.3 Å². The molecule has 0 fully saturated rings. The minimum Gasteiger partial charge on any atom is -0.352 e. The minimum atomic E-state index is -0.447. The number of ketones is 1. The number of rotatable bonds is 2. The highest BCUT2D eigenvalue weighted by Gasteiger charge is 2.37. The molecule has 1 aliphatic carbocycles. The Hall–Kier alpha value is -1.41. The number of allylic oxidation sites excluding steroid dienone is 3. The van der Waals surface area contributed by atoms with Gasteiger partial charge in [-0.3, -0.25) is 4.79 Å². The number of thioether (sulfide) groups is 1. The molecule has 0 amide bonds. The van der Waals surface area contributed by atoms with Crippen LogP contribution in [-0.2, 0) is 4.79 Å². The van der Waals surface area contributed by atoms with Gasteiger partial charge in [-0.2, -0.15) is 5.26 Å². The summed E-state index contributed by atoms with van der Waals surface area (Å²) in [6, 6.07) is 7.61. The average Bonchev–Trinajstić information content (AvgIpc) is 2.56. The van der Waals surface area contributed by atoms with E-state index in [0.29, 0.717) is 33.2 Å². The SMILES string of the molecule is CSC1=C(C#N)[C@@H](c2cccc(Cl)c2Cl)C2=C(CCCC2=O)N1. The maximum atomic E-state index is 12.6. The number of benzene rings is 1. The second-order valence-corrected chi connectivity index (χ2v) is 7.03. The maximum absolute atomic E-state index is 12.6. The first kappa shape index (κ1) is 16.4. The molecule has 0 saturated heterocycles. The summed E-state index contributed by atoms with van der Waals surface area (Å²) in [5.41, 5.74) is 2.81. The van der Waals surface area contributed by atoms with Crippen LogP contribution in [0.4, 0.5) is 0 Å². The van der Waals surface area contributed by atoms with E-state index in [2.05, 4.69) is 11.4 Å². The van der Waals surface area contributed by atoms with Crippen LogP contribution in [-0.4, -0.2) is 12.0 Å². The third kappa shape index (κ3) is 2.78. The van der Waals surface area contributed by atoms with E-state index in [1.54, 1.807) is 12.1 Å². The number of carbonyl (C=O) groups is 1. The molecule has 23 heavy (non-hydrogen) atoms. The van der Waals surface area contributed by atoms with Crippen molar-refractivity contribution in [1.82, 2.24) is 5.32 Å². The minimum absolute atomic E-state index is 0.0766. The van der Waals surface area contributed by atoms with Crippen LogP contribution in [0.15, 0.2) is 40.1 Å². The summed E-state index contributed by atoms with van der Waals surface area (Å²) < 4.78 is 0. The van der Waals surface area contributed by atoms with Crippen molar-refractivity contribution in [2.45, 2.75) is 25.2 Å². The van der Waals surface area contributed by atoms with E-state index in [9.17, 15) is 10.1 Å². The van der Waals surface area contributed by atoms with Crippen LogP contribution in [0.5, 0.6) is 0 Å². The average molecular weight is 365 g/mol. The first-order valence-electron chi connectivity index (χ1n) is 7.24. The molecular weight excluding hydrogens is 351 g/mol. The van der Waals surface area contributed by atoms with Gasteiger partial charge in [0.05, 0.1) is 32.6 Å². The van der Waals surface area contributed by atoms with Gasteiger partial charge in [-0.15, -0.1) is 11.8 Å². The van der Waals surface area contributed by atoms with Crippen molar-refractivity contribution in [2.24, 2.45) is 0 Å². The summed E-state index contributed by atoms with van der Waals surface area (Å²) in [7, 11) is 0. The van der Waals surface area contributed by atoms with Gasteiger partial charge >= 0.3 is 0 Å². The monoisotopic (exact) mass is 364 g/mol. The molecule has 0 saturated carbocycles. The van der Waals surface area contributed by atoms with Crippen molar-refractivity contribution in [1.29, 1.82) is 5.26 Å². The van der Waals surface area contributed by atoms with Crippen LogP contribution in [0.25, 0.3) is 0 Å². The number of dihydropyridines is 1. The predicted molar refractivity (Wildman–Crippen MR) is 94.4 cm³/mol. The fourth-order valence-electron chi connectivity index (χ4n) is 3.14. The molecule has 0 spiro atoms. The van der Waals surface area contributed by atoms with E-state index in [4.69, 9.17) is 23.2 Å². The van der Waals surface area contributed by atoms with Crippen LogP contribution in [0.3, 0.4) is 0 Å². The number of nitrogens with one attached hydrogen (secondary N) is 1. The molecule has 1 atom stereocenters. The zero-order chi connectivity index (χ0) is 16.6. The molecule has 1 N–H and O–H groups in total. The molecule has 1 aromatic rings. The Morgan fingerprint density at radius 1 is 1.35 bits per heavy atom. The zero-order valence-corrected chi connectivity index (χ0v) is 14.8. The molecule has 6 heteroatoms. The van der Waals surface area contributed by atoms with Crippen molar-refractivity contribution in [3.63, 3.8) is 0 Å². The smallest absolute Gasteiger partial charge is 0.161 e. The molecular formula is C17H14Cl2N2OS. The molecule has 3 nitrogen and oxygen atoms in total. The van der Waals surface area contributed by atoms with Gasteiger partial charge in [0.25, 0.3) is 0 Å². The fourth-order valence-corrected chi connectivity index (χ4v) is 4.16. The van der Waals surface area contributed by atoms with E-state index in [0.717, 1.165) is 23.6 Å². The first-order valence-corrected chi connectivity index (χ1v) is 9.22. The molecule has 1 aromatic carbocycles. The van der Waals surface area contributed by atoms with E-state index in [-0.39, 0.29) is 5.78 Å². The second kappa shape index (κ2) is 6.60. The van der Waals surface area contributed by atoms with E-state index < -0.39 is 5.92 Å². The van der Waals surface area contributed by atoms with Gasteiger partial charge in [0.15, 0.2) is 5.78 Å². The standard InChI is InChI=1S/C17H14Cl2N2OS/c1-23-17-10(8-20)14(9-4-2-5-11(18)16(9)19)15-12(21-17)6-3-7-13(15)22/h2,4-5,14,21H,3,6-7H2,1H3/t14-/m1/s1. The predicted octanol–water partition coefficient (Wildman–Crippen LogP) is 4.79. The lowest BCUT2D eigenvalue weighted by atomic mass is 9.77. The van der Waals surface area contributed by atoms with Crippen LogP contribution in [0.1, 0.15) is 30.7 Å². The van der Waals surface area contributed by atoms with Gasteiger partial charge in [0.1, 0.15) is 0 Å². The normalized spacial score (nSPS) is 21.0. The van der Waals surface area contributed by atoms with Gasteiger partial charge in [0, 0.05) is 17.7 Å². The number of hydrogen-bond acceptors (Lipinski definition) is 4. The number of hydrogen-bond donors (Lipinski definition) is 1. The highest BCUT2D eigenvalue weighted by atomic mass is 35.5. The molecule has 0 radical (unpaired) electrons. The Morgan fingerprint density at radius 2 is 2.13 bits per heavy atom. The topological polar surface area (TPSA) is 52.9 Å². The second-order valence-electron chi connectivity index (χ2n) is 5.43.